The summed E-state index contributed by atoms with van der Waals surface area (Å²) in [6, 6.07) is 9.04. The van der Waals surface area contributed by atoms with Crippen LogP contribution in [0.25, 0.3) is 0 Å². The molecule has 0 aliphatic rings. The van der Waals surface area contributed by atoms with Gasteiger partial charge in [0, 0.05) is 11.3 Å². The molecule has 0 saturated carbocycles. The van der Waals surface area contributed by atoms with Crippen LogP contribution in [-0.2, 0) is 0 Å². The number of hydrogen-bond donors (Lipinski definition) is 1. The van der Waals surface area contributed by atoms with Gasteiger partial charge in [0.1, 0.15) is 5.82 Å². The molecular weight excluding hydrogens is 231 g/mol. The molecule has 18 heavy (non-hydrogen) atoms. The van der Waals surface area contributed by atoms with Gasteiger partial charge in [0.2, 0.25) is 0 Å². The van der Waals surface area contributed by atoms with E-state index in [4.69, 9.17) is 0 Å². The summed E-state index contributed by atoms with van der Waals surface area (Å²) < 4.78 is 12.7. The highest BCUT2D eigenvalue weighted by molar-refractivity contribution is 6.04. The summed E-state index contributed by atoms with van der Waals surface area (Å²) in [4.78, 5) is 16.2. The molecule has 0 aliphatic carbocycles. The van der Waals surface area contributed by atoms with E-state index in [1.54, 1.807) is 6.07 Å². The first-order valence-electron chi connectivity index (χ1n) is 5.57. The third kappa shape index (κ3) is 2.71. The van der Waals surface area contributed by atoms with Crippen LogP contribution in [0.1, 0.15) is 21.7 Å². The summed E-state index contributed by atoms with van der Waals surface area (Å²) in [5.74, 6) is -0.636. The van der Waals surface area contributed by atoms with Gasteiger partial charge in [-0.3, -0.25) is 9.78 Å². The van der Waals surface area contributed by atoms with E-state index < -0.39 is 0 Å². The molecule has 4 heteroatoms. The predicted molar refractivity (Wildman–Crippen MR) is 68.1 cm³/mol. The Hall–Kier alpha value is -2.23. The second-order valence-corrected chi connectivity index (χ2v) is 4.05. The summed E-state index contributed by atoms with van der Waals surface area (Å²) in [7, 11) is 0. The minimum atomic E-state index is -0.361. The van der Waals surface area contributed by atoms with Gasteiger partial charge in [0.05, 0.1) is 11.4 Å². The zero-order chi connectivity index (χ0) is 13.1. The SMILES string of the molecule is Cc1ccc(NC(=O)c2ccc(F)cc2)c(C)n1. The number of aromatic nitrogens is 1. The average molecular weight is 244 g/mol. The van der Waals surface area contributed by atoms with E-state index in [1.165, 1.54) is 24.3 Å². The van der Waals surface area contributed by atoms with Gasteiger partial charge in [-0.1, -0.05) is 0 Å². The van der Waals surface area contributed by atoms with Crippen LogP contribution in [0.4, 0.5) is 10.1 Å². The number of hydrogen-bond acceptors (Lipinski definition) is 2. The molecule has 0 unspecified atom stereocenters. The molecule has 0 fully saturated rings. The van der Waals surface area contributed by atoms with Crippen molar-refractivity contribution < 1.29 is 9.18 Å². The molecule has 1 aromatic carbocycles. The first-order chi connectivity index (χ1) is 8.56. The summed E-state index contributed by atoms with van der Waals surface area (Å²) in [5, 5.41) is 2.75. The molecule has 0 radical (unpaired) electrons. The number of rotatable bonds is 2. The largest absolute Gasteiger partial charge is 0.320 e. The van der Waals surface area contributed by atoms with Crippen molar-refractivity contribution in [2.75, 3.05) is 5.32 Å². The molecule has 1 heterocycles. The number of anilines is 1. The maximum atomic E-state index is 12.7. The first kappa shape index (κ1) is 12.2. The lowest BCUT2D eigenvalue weighted by Gasteiger charge is -2.08. The van der Waals surface area contributed by atoms with E-state index in [9.17, 15) is 9.18 Å². The lowest BCUT2D eigenvalue weighted by Crippen LogP contribution is -2.13. The van der Waals surface area contributed by atoms with Gasteiger partial charge in [-0.05, 0) is 50.2 Å². The summed E-state index contributed by atoms with van der Waals surface area (Å²) in [6.07, 6.45) is 0. The number of pyridine rings is 1. The topological polar surface area (TPSA) is 42.0 Å². The zero-order valence-corrected chi connectivity index (χ0v) is 10.2. The minimum absolute atomic E-state index is 0.274. The van der Waals surface area contributed by atoms with Crippen LogP contribution in [0.2, 0.25) is 0 Å². The van der Waals surface area contributed by atoms with Gasteiger partial charge in [-0.15, -0.1) is 0 Å². The zero-order valence-electron chi connectivity index (χ0n) is 10.2. The number of carbonyl (C=O) groups is 1. The van der Waals surface area contributed by atoms with Crippen molar-refractivity contribution in [3.05, 3.63) is 59.2 Å². The number of nitrogens with zero attached hydrogens (tertiary/aromatic N) is 1. The first-order valence-corrected chi connectivity index (χ1v) is 5.57. The number of amides is 1. The van der Waals surface area contributed by atoms with Crippen molar-refractivity contribution in [3.63, 3.8) is 0 Å². The average Bonchev–Trinajstić information content (AvgIpc) is 2.33. The van der Waals surface area contributed by atoms with E-state index in [2.05, 4.69) is 10.3 Å². The summed E-state index contributed by atoms with van der Waals surface area (Å²) in [5.41, 5.74) is 2.73. The quantitative estimate of drug-likeness (QED) is 0.882. The highest BCUT2D eigenvalue weighted by atomic mass is 19.1. The standard InChI is InChI=1S/C14H13FN2O/c1-9-3-8-13(10(2)16-9)17-14(18)11-4-6-12(15)7-5-11/h3-8H,1-2H3,(H,17,18). The van der Waals surface area contributed by atoms with Crippen LogP contribution in [0, 0.1) is 19.7 Å². The molecule has 2 rings (SSSR count). The Morgan fingerprint density at radius 1 is 1.11 bits per heavy atom. The molecule has 1 amide bonds. The molecule has 0 saturated heterocycles. The van der Waals surface area contributed by atoms with Crippen molar-refractivity contribution >= 4 is 11.6 Å². The Kier molecular flexibility index (Phi) is 3.37. The molecule has 0 spiro atoms. The van der Waals surface area contributed by atoms with Crippen LogP contribution in [0.5, 0.6) is 0 Å². The Labute approximate surface area is 105 Å². The number of halogens is 1. The van der Waals surface area contributed by atoms with Crippen molar-refractivity contribution in [1.82, 2.24) is 4.98 Å². The maximum Gasteiger partial charge on any atom is 0.255 e. The van der Waals surface area contributed by atoms with E-state index in [-0.39, 0.29) is 11.7 Å². The van der Waals surface area contributed by atoms with Crippen LogP contribution in [0.15, 0.2) is 36.4 Å². The number of benzene rings is 1. The van der Waals surface area contributed by atoms with Crippen LogP contribution in [0.3, 0.4) is 0 Å². The number of nitrogens with one attached hydrogen (secondary N) is 1. The lowest BCUT2D eigenvalue weighted by molar-refractivity contribution is 0.102. The second-order valence-electron chi connectivity index (χ2n) is 4.05. The van der Waals surface area contributed by atoms with Gasteiger partial charge in [-0.2, -0.15) is 0 Å². The summed E-state index contributed by atoms with van der Waals surface area (Å²) in [6.45, 7) is 3.71. The molecule has 0 bridgehead atoms. The van der Waals surface area contributed by atoms with E-state index in [0.717, 1.165) is 11.4 Å². The molecule has 3 nitrogen and oxygen atoms in total. The Balaban J connectivity index is 2.18. The lowest BCUT2D eigenvalue weighted by atomic mass is 10.2. The van der Waals surface area contributed by atoms with Gasteiger partial charge in [0.15, 0.2) is 0 Å². The summed E-state index contributed by atoms with van der Waals surface area (Å²) >= 11 is 0. The van der Waals surface area contributed by atoms with Gasteiger partial charge in [0.25, 0.3) is 5.91 Å². The van der Waals surface area contributed by atoms with Crippen molar-refractivity contribution in [1.29, 1.82) is 0 Å². The highest BCUT2D eigenvalue weighted by Crippen LogP contribution is 2.14. The Morgan fingerprint density at radius 3 is 2.39 bits per heavy atom. The predicted octanol–water partition coefficient (Wildman–Crippen LogP) is 3.09. The minimum Gasteiger partial charge on any atom is -0.320 e. The molecule has 1 N–H and O–H groups in total. The van der Waals surface area contributed by atoms with E-state index in [0.29, 0.717) is 11.3 Å². The molecule has 0 aliphatic heterocycles. The normalized spacial score (nSPS) is 10.2. The third-order valence-electron chi connectivity index (χ3n) is 2.58. The number of aryl methyl sites for hydroxylation is 2. The van der Waals surface area contributed by atoms with Gasteiger partial charge >= 0.3 is 0 Å². The van der Waals surface area contributed by atoms with Gasteiger partial charge in [-0.25, -0.2) is 4.39 Å². The molecule has 92 valence electrons. The number of carbonyl (C=O) groups excluding carboxylic acids is 1. The fourth-order valence-corrected chi connectivity index (χ4v) is 1.61. The van der Waals surface area contributed by atoms with Crippen LogP contribution >= 0.6 is 0 Å². The van der Waals surface area contributed by atoms with Gasteiger partial charge < -0.3 is 5.32 Å². The van der Waals surface area contributed by atoms with Crippen molar-refractivity contribution in [3.8, 4) is 0 Å². The fraction of sp³-hybridized carbons (Fsp3) is 0.143. The highest BCUT2D eigenvalue weighted by Gasteiger charge is 2.08. The maximum absolute atomic E-state index is 12.7. The molecule has 2 aromatic rings. The third-order valence-corrected chi connectivity index (χ3v) is 2.58. The smallest absolute Gasteiger partial charge is 0.255 e. The van der Waals surface area contributed by atoms with Crippen LogP contribution < -0.4 is 5.32 Å². The van der Waals surface area contributed by atoms with E-state index in [1.807, 2.05) is 19.9 Å². The second kappa shape index (κ2) is 4.96. The van der Waals surface area contributed by atoms with Crippen molar-refractivity contribution in [2.45, 2.75) is 13.8 Å². The monoisotopic (exact) mass is 244 g/mol. The Bertz CT molecular complexity index is 579. The molecule has 0 atom stereocenters. The van der Waals surface area contributed by atoms with E-state index >= 15 is 0 Å². The van der Waals surface area contributed by atoms with Crippen LogP contribution in [-0.4, -0.2) is 10.9 Å². The van der Waals surface area contributed by atoms with Crippen molar-refractivity contribution in [2.24, 2.45) is 0 Å². The fourth-order valence-electron chi connectivity index (χ4n) is 1.61. The molecule has 1 aromatic heterocycles. The Morgan fingerprint density at radius 2 is 1.78 bits per heavy atom. The molecular formula is C14H13FN2O.